The number of benzene rings is 2. The molecule has 2 saturated heterocycles. The first-order valence-electron chi connectivity index (χ1n) is 13.2. The molecule has 0 spiro atoms. The lowest BCUT2D eigenvalue weighted by molar-refractivity contribution is -0.150. The molecule has 38 heavy (non-hydrogen) atoms. The largest absolute Gasteiger partial charge is 0.468 e. The van der Waals surface area contributed by atoms with Gasteiger partial charge in [-0.05, 0) is 72.4 Å². The van der Waals surface area contributed by atoms with E-state index in [2.05, 4.69) is 26.1 Å². The van der Waals surface area contributed by atoms with Crippen molar-refractivity contribution in [1.29, 1.82) is 0 Å². The fourth-order valence-corrected chi connectivity index (χ4v) is 6.94. The van der Waals surface area contributed by atoms with Gasteiger partial charge < -0.3 is 4.74 Å². The summed E-state index contributed by atoms with van der Waals surface area (Å²) in [6.45, 7) is 6.63. The number of likely N-dealkylation sites (tertiary alicyclic amines) is 1. The van der Waals surface area contributed by atoms with E-state index in [9.17, 15) is 23.2 Å². The number of imide groups is 1. The number of fused-ring (bicyclic) bond motifs is 1. The highest BCUT2D eigenvalue weighted by atomic mass is 19.1. The lowest BCUT2D eigenvalue weighted by Crippen LogP contribution is -2.53. The third kappa shape index (κ3) is 4.13. The molecule has 1 saturated carbocycles. The first-order chi connectivity index (χ1) is 18.0. The smallest absolute Gasteiger partial charge is 0.323 e. The molecule has 1 aliphatic carbocycles. The second kappa shape index (κ2) is 9.56. The van der Waals surface area contributed by atoms with Crippen molar-refractivity contribution in [3.63, 3.8) is 0 Å². The molecule has 0 radical (unpaired) electrons. The summed E-state index contributed by atoms with van der Waals surface area (Å²) in [6, 6.07) is 9.89. The van der Waals surface area contributed by atoms with Crippen molar-refractivity contribution < 1.29 is 27.9 Å². The number of nitrogens with zero attached hydrogens (tertiary/aromatic N) is 1. The van der Waals surface area contributed by atoms with Crippen LogP contribution in [0.25, 0.3) is 0 Å². The molecule has 0 bridgehead atoms. The van der Waals surface area contributed by atoms with Gasteiger partial charge in [-0.1, -0.05) is 45.0 Å². The maximum atomic E-state index is 14.3. The summed E-state index contributed by atoms with van der Waals surface area (Å²) < 4.78 is 33.0. The zero-order valence-corrected chi connectivity index (χ0v) is 22.2. The summed E-state index contributed by atoms with van der Waals surface area (Å²) in [5, 5.41) is 3.25. The topological polar surface area (TPSA) is 75.7 Å². The Kier molecular flexibility index (Phi) is 6.66. The van der Waals surface area contributed by atoms with Gasteiger partial charge in [-0.3, -0.25) is 24.6 Å². The number of ether oxygens (including phenoxy) is 1. The summed E-state index contributed by atoms with van der Waals surface area (Å²) in [6.07, 6.45) is 3.21. The highest BCUT2D eigenvalue weighted by Crippen LogP contribution is 2.53. The maximum absolute atomic E-state index is 14.3. The van der Waals surface area contributed by atoms with E-state index in [-0.39, 0.29) is 17.4 Å². The van der Waals surface area contributed by atoms with Crippen LogP contribution in [-0.4, -0.2) is 41.9 Å². The number of halogens is 2. The van der Waals surface area contributed by atoms with Crippen LogP contribution < -0.4 is 5.32 Å². The molecule has 2 aromatic carbocycles. The fraction of sp³-hybridized carbons (Fsp3) is 0.500. The van der Waals surface area contributed by atoms with Crippen molar-refractivity contribution >= 4 is 17.8 Å². The molecule has 3 fully saturated rings. The lowest BCUT2D eigenvalue weighted by atomic mass is 9.71. The monoisotopic (exact) mass is 524 g/mol. The van der Waals surface area contributed by atoms with E-state index in [1.807, 2.05) is 0 Å². The number of hydrogen-bond donors (Lipinski definition) is 1. The number of nitrogens with one attached hydrogen (secondary N) is 1. The fourth-order valence-electron chi connectivity index (χ4n) is 6.94. The van der Waals surface area contributed by atoms with Crippen molar-refractivity contribution in [2.45, 2.75) is 64.1 Å². The van der Waals surface area contributed by atoms with Gasteiger partial charge in [0.1, 0.15) is 17.7 Å². The van der Waals surface area contributed by atoms with Crippen LogP contribution in [0.1, 0.15) is 57.6 Å². The van der Waals surface area contributed by atoms with Crippen LogP contribution in [0.3, 0.4) is 0 Å². The third-order valence-corrected chi connectivity index (χ3v) is 8.93. The van der Waals surface area contributed by atoms with Gasteiger partial charge in [0.05, 0.1) is 24.5 Å². The molecule has 5 rings (SSSR count). The molecule has 0 aromatic heterocycles. The third-order valence-electron chi connectivity index (χ3n) is 8.93. The van der Waals surface area contributed by atoms with Crippen LogP contribution in [0.15, 0.2) is 48.5 Å². The molecule has 1 N–H and O–H groups in total. The normalized spacial score (nSPS) is 28.9. The van der Waals surface area contributed by atoms with Crippen LogP contribution in [-0.2, 0) is 24.7 Å². The van der Waals surface area contributed by atoms with Crippen LogP contribution in [0.2, 0.25) is 0 Å². The second-order valence-corrected chi connectivity index (χ2v) is 11.9. The van der Waals surface area contributed by atoms with E-state index in [0.717, 1.165) is 12.8 Å². The van der Waals surface area contributed by atoms with Crippen molar-refractivity contribution in [2.75, 3.05) is 7.11 Å². The number of amides is 2. The number of esters is 1. The standard InChI is InChI=1S/C30H34F2N2O4/c1-29(2,3)17-9-15-22(16-10-17)34-26(35)23-24(27(34)36)30(33-25(23)28(37)38-4,18-5-11-20(31)12-6-18)19-7-13-21(32)14-8-19/h5-8,11-14,17,22-25,33H,9-10,15-16H2,1-4H3/t17?,22?,23-,24+,25+/m0/s1. The second-order valence-electron chi connectivity index (χ2n) is 11.9. The van der Waals surface area contributed by atoms with Crippen LogP contribution >= 0.6 is 0 Å². The summed E-state index contributed by atoms with van der Waals surface area (Å²) in [5.74, 6) is -3.86. The van der Waals surface area contributed by atoms with E-state index in [4.69, 9.17) is 4.74 Å². The van der Waals surface area contributed by atoms with Crippen molar-refractivity contribution in [1.82, 2.24) is 10.2 Å². The first kappa shape index (κ1) is 26.5. The summed E-state index contributed by atoms with van der Waals surface area (Å²) in [5.41, 5.74) is -0.215. The maximum Gasteiger partial charge on any atom is 0.323 e. The molecule has 8 heteroatoms. The Morgan fingerprint density at radius 3 is 1.84 bits per heavy atom. The number of methoxy groups -OCH3 is 1. The summed E-state index contributed by atoms with van der Waals surface area (Å²) >= 11 is 0. The van der Waals surface area contributed by atoms with Gasteiger partial charge in [0, 0.05) is 6.04 Å². The summed E-state index contributed by atoms with van der Waals surface area (Å²) in [7, 11) is 1.24. The minimum absolute atomic E-state index is 0.140. The number of carbonyl (C=O) groups is 3. The Labute approximate surface area is 221 Å². The predicted molar refractivity (Wildman–Crippen MR) is 137 cm³/mol. The lowest BCUT2D eigenvalue weighted by Gasteiger charge is -2.41. The zero-order chi connectivity index (χ0) is 27.4. The van der Waals surface area contributed by atoms with Gasteiger partial charge in [0.15, 0.2) is 0 Å². The number of rotatable bonds is 4. The Morgan fingerprint density at radius 2 is 1.39 bits per heavy atom. The highest BCUT2D eigenvalue weighted by Gasteiger charge is 2.68. The molecular formula is C30H34F2N2O4. The molecule has 2 aliphatic heterocycles. The minimum atomic E-state index is -1.37. The van der Waals surface area contributed by atoms with Gasteiger partial charge in [-0.25, -0.2) is 8.78 Å². The molecule has 2 heterocycles. The van der Waals surface area contributed by atoms with E-state index in [1.54, 1.807) is 0 Å². The van der Waals surface area contributed by atoms with Crippen LogP contribution in [0, 0.1) is 34.8 Å². The molecule has 2 amide bonds. The van der Waals surface area contributed by atoms with E-state index in [1.165, 1.54) is 60.5 Å². The van der Waals surface area contributed by atoms with Crippen LogP contribution in [0.4, 0.5) is 8.78 Å². The predicted octanol–water partition coefficient (Wildman–Crippen LogP) is 4.56. The molecule has 202 valence electrons. The van der Waals surface area contributed by atoms with E-state index >= 15 is 0 Å². The Morgan fingerprint density at radius 1 is 0.895 bits per heavy atom. The molecular weight excluding hydrogens is 490 g/mol. The van der Waals surface area contributed by atoms with E-state index in [0.29, 0.717) is 29.9 Å². The van der Waals surface area contributed by atoms with Gasteiger partial charge in [-0.15, -0.1) is 0 Å². The van der Waals surface area contributed by atoms with Crippen LogP contribution in [0.5, 0.6) is 0 Å². The van der Waals surface area contributed by atoms with Gasteiger partial charge in [0.2, 0.25) is 11.8 Å². The van der Waals surface area contributed by atoms with Crippen molar-refractivity contribution in [2.24, 2.45) is 23.2 Å². The molecule has 3 atom stereocenters. The van der Waals surface area contributed by atoms with Gasteiger partial charge in [0.25, 0.3) is 0 Å². The van der Waals surface area contributed by atoms with Crippen molar-refractivity contribution in [3.8, 4) is 0 Å². The molecule has 0 unspecified atom stereocenters. The molecule has 2 aromatic rings. The number of carbonyl (C=O) groups excluding carboxylic acids is 3. The van der Waals surface area contributed by atoms with Gasteiger partial charge >= 0.3 is 5.97 Å². The number of hydrogen-bond acceptors (Lipinski definition) is 5. The summed E-state index contributed by atoms with van der Waals surface area (Å²) in [4.78, 5) is 42.7. The van der Waals surface area contributed by atoms with Crippen molar-refractivity contribution in [3.05, 3.63) is 71.3 Å². The van der Waals surface area contributed by atoms with E-state index < -0.39 is 46.9 Å². The highest BCUT2D eigenvalue weighted by molar-refractivity contribution is 6.09. The minimum Gasteiger partial charge on any atom is -0.468 e. The molecule has 6 nitrogen and oxygen atoms in total. The first-order valence-corrected chi connectivity index (χ1v) is 13.2. The average molecular weight is 525 g/mol. The Balaban J connectivity index is 1.62. The SMILES string of the molecule is COC(=O)[C@@H]1NC(c2ccc(F)cc2)(c2ccc(F)cc2)[C@H]2C(=O)N(C3CCC(C(C)(C)C)CC3)C(=O)[C@H]12. The molecule has 3 aliphatic rings. The Bertz CT molecular complexity index is 1180. The quantitative estimate of drug-likeness (QED) is 0.469. The van der Waals surface area contributed by atoms with Gasteiger partial charge in [-0.2, -0.15) is 0 Å². The Hall–Kier alpha value is -3.13. The average Bonchev–Trinajstić information content (AvgIpc) is 3.38. The zero-order valence-electron chi connectivity index (χ0n) is 22.2.